The highest BCUT2D eigenvalue weighted by atomic mass is 35.5. The van der Waals surface area contributed by atoms with E-state index in [0.29, 0.717) is 59.1 Å². The summed E-state index contributed by atoms with van der Waals surface area (Å²) in [5, 5.41) is 4.93. The number of amidine groups is 1. The molecule has 0 atom stereocenters. The van der Waals surface area contributed by atoms with E-state index in [1.165, 1.54) is 11.8 Å². The molecule has 9 nitrogen and oxygen atoms in total. The molecule has 0 saturated carbocycles. The van der Waals surface area contributed by atoms with Gasteiger partial charge in [0.1, 0.15) is 0 Å². The molecule has 2 aromatic carbocycles. The highest BCUT2D eigenvalue weighted by Gasteiger charge is 2.27. The van der Waals surface area contributed by atoms with Gasteiger partial charge in [-0.25, -0.2) is 0 Å². The molecule has 41 heavy (non-hydrogen) atoms. The molecule has 0 unspecified atom stereocenters. The number of aromatic nitrogens is 1. The number of nitrogens with one attached hydrogen (secondary N) is 1. The van der Waals surface area contributed by atoms with Crippen LogP contribution in [-0.4, -0.2) is 88.4 Å². The van der Waals surface area contributed by atoms with Crippen molar-refractivity contribution in [2.75, 3.05) is 51.1 Å². The summed E-state index contributed by atoms with van der Waals surface area (Å²) in [4.78, 5) is 53.2. The standard InChI is InChI=1S/C30H29ClN6O3S/c31-23-7-6-22(29(40)37-14-12-35(13-15-37)19-27(38)36-10-1-2-11-36)18-25(23)33-30-34-28(39)26(41-30)17-20-5-8-24-21(16-20)4-3-9-32-24/h3-9,16-18H,1-2,10-15,19H2,(H,33,34,39). The molecule has 3 amide bonds. The van der Waals surface area contributed by atoms with Crippen LogP contribution in [0.4, 0.5) is 5.69 Å². The van der Waals surface area contributed by atoms with Crippen LogP contribution in [0.5, 0.6) is 0 Å². The van der Waals surface area contributed by atoms with Gasteiger partial charge in [0.15, 0.2) is 5.17 Å². The van der Waals surface area contributed by atoms with Gasteiger partial charge >= 0.3 is 0 Å². The second kappa shape index (κ2) is 12.0. The van der Waals surface area contributed by atoms with Crippen molar-refractivity contribution in [1.29, 1.82) is 0 Å². The third-order valence-corrected chi connectivity index (χ3v) is 8.71. The van der Waals surface area contributed by atoms with Crippen LogP contribution in [-0.2, 0) is 9.59 Å². The number of pyridine rings is 1. The van der Waals surface area contributed by atoms with Crippen molar-refractivity contribution < 1.29 is 14.4 Å². The summed E-state index contributed by atoms with van der Waals surface area (Å²) in [6.07, 6.45) is 5.71. The Balaban J connectivity index is 1.07. The molecule has 6 rings (SSSR count). The van der Waals surface area contributed by atoms with Gasteiger partial charge < -0.3 is 15.1 Å². The average molecular weight is 589 g/mol. The molecule has 0 radical (unpaired) electrons. The van der Waals surface area contributed by atoms with Crippen LogP contribution >= 0.6 is 23.4 Å². The Morgan fingerprint density at radius 3 is 2.59 bits per heavy atom. The number of halogens is 1. The quantitative estimate of drug-likeness (QED) is 0.443. The zero-order chi connectivity index (χ0) is 28.3. The molecule has 1 N–H and O–H groups in total. The summed E-state index contributed by atoms with van der Waals surface area (Å²) in [5.41, 5.74) is 2.76. The first kappa shape index (κ1) is 27.4. The van der Waals surface area contributed by atoms with E-state index in [1.54, 1.807) is 35.4 Å². The molecule has 0 bridgehead atoms. The first-order valence-corrected chi connectivity index (χ1v) is 14.9. The molecule has 2 fully saturated rings. The van der Waals surface area contributed by atoms with Crippen molar-refractivity contribution in [2.45, 2.75) is 12.8 Å². The number of benzene rings is 2. The van der Waals surface area contributed by atoms with Crippen LogP contribution in [0.1, 0.15) is 28.8 Å². The minimum absolute atomic E-state index is 0.0984. The number of carbonyl (C=O) groups excluding carboxylic acids is 3. The van der Waals surface area contributed by atoms with Crippen molar-refractivity contribution in [1.82, 2.24) is 19.7 Å². The second-order valence-electron chi connectivity index (χ2n) is 10.3. The molecule has 3 aliphatic rings. The summed E-state index contributed by atoms with van der Waals surface area (Å²) in [6.45, 7) is 4.52. The monoisotopic (exact) mass is 588 g/mol. The van der Waals surface area contributed by atoms with E-state index < -0.39 is 0 Å². The molecule has 1 aromatic heterocycles. The van der Waals surface area contributed by atoms with Gasteiger partial charge in [0, 0.05) is 56.4 Å². The molecule has 2 saturated heterocycles. The Labute approximate surface area is 247 Å². The lowest BCUT2D eigenvalue weighted by Gasteiger charge is -2.35. The van der Waals surface area contributed by atoms with Crippen molar-refractivity contribution in [3.05, 3.63) is 75.8 Å². The molecule has 11 heteroatoms. The summed E-state index contributed by atoms with van der Waals surface area (Å²) < 4.78 is 0. The number of thioether (sulfide) groups is 1. The smallest absolute Gasteiger partial charge is 0.286 e. The van der Waals surface area contributed by atoms with Crippen molar-refractivity contribution in [3.63, 3.8) is 0 Å². The first-order valence-electron chi connectivity index (χ1n) is 13.7. The molecular weight excluding hydrogens is 560 g/mol. The predicted molar refractivity (Wildman–Crippen MR) is 163 cm³/mol. The zero-order valence-corrected chi connectivity index (χ0v) is 24.0. The average Bonchev–Trinajstić information content (AvgIpc) is 3.64. The number of hydrogen-bond donors (Lipinski definition) is 1. The number of hydrogen-bond acceptors (Lipinski definition) is 7. The highest BCUT2D eigenvalue weighted by Crippen LogP contribution is 2.32. The first-order chi connectivity index (χ1) is 19.9. The van der Waals surface area contributed by atoms with Crippen molar-refractivity contribution >= 4 is 68.9 Å². The Morgan fingerprint density at radius 1 is 0.976 bits per heavy atom. The van der Waals surface area contributed by atoms with Gasteiger partial charge in [0.25, 0.3) is 11.8 Å². The topological polar surface area (TPSA) is 98.2 Å². The number of likely N-dealkylation sites (tertiary alicyclic amines) is 1. The summed E-state index contributed by atoms with van der Waals surface area (Å²) >= 11 is 7.67. The predicted octanol–water partition coefficient (Wildman–Crippen LogP) is 4.35. The number of amides is 3. The van der Waals surface area contributed by atoms with Gasteiger partial charge in [-0.1, -0.05) is 23.7 Å². The molecule has 3 aliphatic heterocycles. The Hall–Kier alpha value is -3.73. The van der Waals surface area contributed by atoms with Crippen LogP contribution < -0.4 is 5.32 Å². The number of carbonyl (C=O) groups is 3. The summed E-state index contributed by atoms with van der Waals surface area (Å²) in [6, 6.07) is 14.7. The number of piperazine rings is 1. The van der Waals surface area contributed by atoms with Crippen LogP contribution in [0.15, 0.2) is 64.6 Å². The van der Waals surface area contributed by atoms with Crippen molar-refractivity contribution in [2.24, 2.45) is 4.99 Å². The van der Waals surface area contributed by atoms with Crippen LogP contribution in [0.25, 0.3) is 17.0 Å². The van der Waals surface area contributed by atoms with Gasteiger partial charge in [0.05, 0.1) is 27.7 Å². The summed E-state index contributed by atoms with van der Waals surface area (Å²) in [5.74, 6) is -0.263. The van der Waals surface area contributed by atoms with E-state index in [2.05, 4.69) is 20.2 Å². The van der Waals surface area contributed by atoms with E-state index in [0.717, 1.165) is 42.4 Å². The van der Waals surface area contributed by atoms with Gasteiger partial charge in [-0.05, 0) is 72.6 Å². The fourth-order valence-corrected chi connectivity index (χ4v) is 6.21. The fourth-order valence-electron chi connectivity index (χ4n) is 5.22. The van der Waals surface area contributed by atoms with Crippen LogP contribution in [0.3, 0.4) is 0 Å². The maximum Gasteiger partial charge on any atom is 0.286 e. The van der Waals surface area contributed by atoms with Crippen LogP contribution in [0, 0.1) is 0 Å². The second-order valence-corrected chi connectivity index (χ2v) is 11.7. The SMILES string of the molecule is O=C1N=C(Nc2cc(C(=O)N3CCN(CC(=O)N4CCCC4)CC3)ccc2Cl)SC1=Cc1ccc2ncccc2c1. The molecule has 0 spiro atoms. The Bertz CT molecular complexity index is 1580. The van der Waals surface area contributed by atoms with Crippen molar-refractivity contribution in [3.8, 4) is 0 Å². The Kier molecular flexibility index (Phi) is 8.04. The van der Waals surface area contributed by atoms with E-state index in [9.17, 15) is 14.4 Å². The minimum Gasteiger partial charge on any atom is -0.342 e. The Morgan fingerprint density at radius 2 is 1.78 bits per heavy atom. The number of fused-ring (bicyclic) bond motifs is 1. The van der Waals surface area contributed by atoms with E-state index in [-0.39, 0.29) is 17.7 Å². The molecule has 4 heterocycles. The van der Waals surface area contributed by atoms with E-state index >= 15 is 0 Å². The molecule has 210 valence electrons. The maximum absolute atomic E-state index is 13.3. The van der Waals surface area contributed by atoms with Gasteiger partial charge in [0.2, 0.25) is 5.91 Å². The third-order valence-electron chi connectivity index (χ3n) is 7.48. The number of anilines is 1. The number of aliphatic imine (C=N–C) groups is 1. The molecular formula is C30H29ClN6O3S. The molecule has 0 aliphatic carbocycles. The van der Waals surface area contributed by atoms with Crippen LogP contribution in [0.2, 0.25) is 5.02 Å². The maximum atomic E-state index is 13.3. The van der Waals surface area contributed by atoms with Gasteiger partial charge in [-0.15, -0.1) is 0 Å². The van der Waals surface area contributed by atoms with Gasteiger partial charge in [-0.3, -0.25) is 24.3 Å². The lowest BCUT2D eigenvalue weighted by Crippen LogP contribution is -2.51. The van der Waals surface area contributed by atoms with E-state index in [1.807, 2.05) is 35.2 Å². The highest BCUT2D eigenvalue weighted by molar-refractivity contribution is 8.18. The normalized spacial score (nSPS) is 18.8. The number of nitrogens with zero attached hydrogens (tertiary/aromatic N) is 5. The lowest BCUT2D eigenvalue weighted by molar-refractivity contribution is -0.131. The largest absolute Gasteiger partial charge is 0.342 e. The fraction of sp³-hybridized carbons (Fsp3) is 0.300. The van der Waals surface area contributed by atoms with E-state index in [4.69, 9.17) is 11.6 Å². The lowest BCUT2D eigenvalue weighted by atomic mass is 10.1. The molecule has 3 aromatic rings. The summed E-state index contributed by atoms with van der Waals surface area (Å²) in [7, 11) is 0. The van der Waals surface area contributed by atoms with Gasteiger partial charge in [-0.2, -0.15) is 4.99 Å². The zero-order valence-electron chi connectivity index (χ0n) is 22.4. The minimum atomic E-state index is -0.340. The third kappa shape index (κ3) is 6.29. The number of rotatable bonds is 5.